The van der Waals surface area contributed by atoms with Gasteiger partial charge in [0, 0.05) is 30.6 Å². The first-order valence-electron chi connectivity index (χ1n) is 9.69. The molecule has 0 aromatic heterocycles. The van der Waals surface area contributed by atoms with Gasteiger partial charge in [0.05, 0.1) is 6.61 Å². The second kappa shape index (κ2) is 9.38. The Hall–Kier alpha value is -1.84. The molecule has 1 amide bonds. The summed E-state index contributed by atoms with van der Waals surface area (Å²) in [5, 5.41) is 0.727. The van der Waals surface area contributed by atoms with E-state index in [4.69, 9.17) is 16.3 Å². The Labute approximate surface area is 167 Å². The number of hydrogen-bond donors (Lipinski definition) is 0. The minimum absolute atomic E-state index is 0.0385. The maximum Gasteiger partial charge on any atom is 0.226 e. The van der Waals surface area contributed by atoms with E-state index in [0.29, 0.717) is 19.2 Å². The van der Waals surface area contributed by atoms with Crippen molar-refractivity contribution >= 4 is 17.5 Å². The summed E-state index contributed by atoms with van der Waals surface area (Å²) in [6, 6.07) is 16.7. The van der Waals surface area contributed by atoms with E-state index in [9.17, 15) is 4.79 Å². The molecule has 1 atom stereocenters. The molecule has 144 valence electrons. The lowest BCUT2D eigenvalue weighted by Gasteiger charge is -2.27. The van der Waals surface area contributed by atoms with Gasteiger partial charge in [0.15, 0.2) is 0 Å². The number of hydrogen-bond acceptors (Lipinski definition) is 2. The summed E-state index contributed by atoms with van der Waals surface area (Å²) in [4.78, 5) is 15.2. The number of amides is 1. The van der Waals surface area contributed by atoms with Crippen LogP contribution < -0.4 is 0 Å². The number of nitrogens with zero attached hydrogens (tertiary/aromatic N) is 1. The summed E-state index contributed by atoms with van der Waals surface area (Å²) in [5.74, 6) is 0.183. The average molecular weight is 386 g/mol. The van der Waals surface area contributed by atoms with Crippen molar-refractivity contribution in [3.05, 3.63) is 70.2 Å². The highest BCUT2D eigenvalue weighted by atomic mass is 35.5. The Morgan fingerprint density at radius 2 is 1.93 bits per heavy atom. The predicted molar refractivity (Wildman–Crippen MR) is 110 cm³/mol. The predicted octanol–water partition coefficient (Wildman–Crippen LogP) is 4.90. The van der Waals surface area contributed by atoms with Gasteiger partial charge in [0.1, 0.15) is 0 Å². The Morgan fingerprint density at radius 1 is 1.19 bits per heavy atom. The second-order valence-corrected chi connectivity index (χ2v) is 7.86. The van der Waals surface area contributed by atoms with E-state index in [1.54, 1.807) is 7.11 Å². The van der Waals surface area contributed by atoms with Gasteiger partial charge < -0.3 is 9.64 Å². The molecule has 1 aliphatic carbocycles. The van der Waals surface area contributed by atoms with E-state index in [-0.39, 0.29) is 11.8 Å². The minimum atomic E-state index is -0.0385. The number of benzene rings is 2. The van der Waals surface area contributed by atoms with Crippen molar-refractivity contribution in [2.45, 2.75) is 45.2 Å². The van der Waals surface area contributed by atoms with Crippen LogP contribution in [0.5, 0.6) is 0 Å². The average Bonchev–Trinajstić information content (AvgIpc) is 3.51. The molecule has 2 aromatic carbocycles. The topological polar surface area (TPSA) is 29.5 Å². The molecular weight excluding hydrogens is 358 g/mol. The summed E-state index contributed by atoms with van der Waals surface area (Å²) in [5.41, 5.74) is 3.42. The van der Waals surface area contributed by atoms with E-state index in [1.807, 2.05) is 42.2 Å². The molecule has 1 aliphatic rings. The van der Waals surface area contributed by atoms with Crippen LogP contribution in [0.1, 0.15) is 36.5 Å². The molecule has 0 bridgehead atoms. The zero-order valence-electron chi connectivity index (χ0n) is 16.2. The SMILES string of the molecule is COCCc1ccc(Cl)c(CN(C(=O)C(C)Cc2ccccc2)C2CC2)c1. The van der Waals surface area contributed by atoms with Crippen molar-refractivity contribution in [1.29, 1.82) is 0 Å². The van der Waals surface area contributed by atoms with Gasteiger partial charge in [-0.3, -0.25) is 4.79 Å². The molecule has 0 saturated heterocycles. The Bertz CT molecular complexity index is 758. The molecule has 2 aromatic rings. The summed E-state index contributed by atoms with van der Waals surface area (Å²) in [7, 11) is 1.71. The summed E-state index contributed by atoms with van der Waals surface area (Å²) in [6.07, 6.45) is 3.79. The molecule has 4 heteroatoms. The summed E-state index contributed by atoms with van der Waals surface area (Å²) in [6.45, 7) is 3.30. The molecule has 0 spiro atoms. The van der Waals surface area contributed by atoms with E-state index >= 15 is 0 Å². The van der Waals surface area contributed by atoms with Gasteiger partial charge in [0.2, 0.25) is 5.91 Å². The molecule has 3 rings (SSSR count). The molecule has 1 fully saturated rings. The number of methoxy groups -OCH3 is 1. The Morgan fingerprint density at radius 3 is 2.59 bits per heavy atom. The first-order chi connectivity index (χ1) is 13.1. The summed E-state index contributed by atoms with van der Waals surface area (Å²) < 4.78 is 5.17. The molecule has 1 unspecified atom stereocenters. The molecular formula is C23H28ClNO2. The van der Waals surface area contributed by atoms with Crippen molar-refractivity contribution in [2.75, 3.05) is 13.7 Å². The van der Waals surface area contributed by atoms with Crippen molar-refractivity contribution < 1.29 is 9.53 Å². The van der Waals surface area contributed by atoms with Crippen LogP contribution in [0.3, 0.4) is 0 Å². The zero-order chi connectivity index (χ0) is 19.2. The molecule has 1 saturated carbocycles. The van der Waals surface area contributed by atoms with Gasteiger partial charge >= 0.3 is 0 Å². The maximum atomic E-state index is 13.2. The van der Waals surface area contributed by atoms with Gasteiger partial charge in [-0.25, -0.2) is 0 Å². The van der Waals surface area contributed by atoms with Crippen LogP contribution in [0.4, 0.5) is 0 Å². The number of rotatable bonds is 9. The van der Waals surface area contributed by atoms with Crippen molar-refractivity contribution in [3.63, 3.8) is 0 Å². The Balaban J connectivity index is 1.71. The highest BCUT2D eigenvalue weighted by molar-refractivity contribution is 6.31. The first kappa shape index (κ1) is 19.9. The van der Waals surface area contributed by atoms with Crippen LogP contribution >= 0.6 is 11.6 Å². The van der Waals surface area contributed by atoms with E-state index in [0.717, 1.165) is 36.3 Å². The maximum absolute atomic E-state index is 13.2. The van der Waals surface area contributed by atoms with Crippen LogP contribution in [-0.2, 0) is 28.9 Å². The van der Waals surface area contributed by atoms with Gasteiger partial charge in [-0.15, -0.1) is 0 Å². The smallest absolute Gasteiger partial charge is 0.226 e. The molecule has 0 radical (unpaired) electrons. The quantitative estimate of drug-likeness (QED) is 0.614. The fraction of sp³-hybridized carbons (Fsp3) is 0.435. The van der Waals surface area contributed by atoms with Crippen LogP contribution in [0.25, 0.3) is 0 Å². The standard InChI is InChI=1S/C23H28ClNO2/c1-17(14-18-6-4-3-5-7-18)23(26)25(21-9-10-21)16-20-15-19(12-13-27-2)8-11-22(20)24/h3-8,11,15,17,21H,9-10,12-14,16H2,1-2H3. The number of carbonyl (C=O) groups is 1. The molecule has 27 heavy (non-hydrogen) atoms. The summed E-state index contributed by atoms with van der Waals surface area (Å²) >= 11 is 6.44. The minimum Gasteiger partial charge on any atom is -0.384 e. The zero-order valence-corrected chi connectivity index (χ0v) is 16.9. The van der Waals surface area contributed by atoms with Gasteiger partial charge in [0.25, 0.3) is 0 Å². The monoisotopic (exact) mass is 385 g/mol. The molecule has 3 nitrogen and oxygen atoms in total. The second-order valence-electron chi connectivity index (χ2n) is 7.46. The third-order valence-corrected chi connectivity index (χ3v) is 5.49. The molecule has 0 N–H and O–H groups in total. The highest BCUT2D eigenvalue weighted by Gasteiger charge is 2.34. The van der Waals surface area contributed by atoms with E-state index in [1.165, 1.54) is 11.1 Å². The largest absolute Gasteiger partial charge is 0.384 e. The fourth-order valence-electron chi connectivity index (χ4n) is 3.42. The number of carbonyl (C=O) groups excluding carboxylic acids is 1. The lowest BCUT2D eigenvalue weighted by molar-refractivity contribution is -0.136. The lowest BCUT2D eigenvalue weighted by atomic mass is 9.99. The lowest BCUT2D eigenvalue weighted by Crippen LogP contribution is -2.37. The van der Waals surface area contributed by atoms with Crippen molar-refractivity contribution in [2.24, 2.45) is 5.92 Å². The highest BCUT2D eigenvalue weighted by Crippen LogP contribution is 2.32. The molecule has 0 heterocycles. The van der Waals surface area contributed by atoms with Crippen LogP contribution in [0.15, 0.2) is 48.5 Å². The van der Waals surface area contributed by atoms with Gasteiger partial charge in [-0.05, 0) is 48.4 Å². The van der Waals surface area contributed by atoms with Crippen LogP contribution in [0.2, 0.25) is 5.02 Å². The van der Waals surface area contributed by atoms with Gasteiger partial charge in [-0.2, -0.15) is 0 Å². The number of halogens is 1. The first-order valence-corrected chi connectivity index (χ1v) is 10.1. The normalized spacial score (nSPS) is 14.8. The van der Waals surface area contributed by atoms with E-state index in [2.05, 4.69) is 18.2 Å². The molecule has 0 aliphatic heterocycles. The van der Waals surface area contributed by atoms with Crippen molar-refractivity contribution in [1.82, 2.24) is 4.90 Å². The Kier molecular flexibility index (Phi) is 6.92. The fourth-order valence-corrected chi connectivity index (χ4v) is 3.60. The third kappa shape index (κ3) is 5.57. The van der Waals surface area contributed by atoms with Crippen LogP contribution in [0, 0.1) is 5.92 Å². The third-order valence-electron chi connectivity index (χ3n) is 5.12. The van der Waals surface area contributed by atoms with E-state index < -0.39 is 0 Å². The van der Waals surface area contributed by atoms with Gasteiger partial charge in [-0.1, -0.05) is 61.0 Å². The van der Waals surface area contributed by atoms with Crippen molar-refractivity contribution in [3.8, 4) is 0 Å². The van der Waals surface area contributed by atoms with Crippen LogP contribution in [-0.4, -0.2) is 30.6 Å². The number of ether oxygens (including phenoxy) is 1.